The molecule has 5 N–H and O–H groups in total. The number of aromatic nitrogens is 1. The standard InChI is InChI=1S/C47H44F2N6O7/c48-36-21-27(32-22-33-38(23-37(32)49)51-24-34(45(60)53-29-15-16-29)43(33)52-28-9-2-1-3-10-28)14-17-31(36)44(59)50-20-6-13-41(57)40(56)12-5-8-26-7-4-11-30-35(26)25-55(47(30)62)39-18-19-42(58)54-46(39)61/h1-4,7,9-11,14,17,21-24,29,39-40,56H,5-6,8,12-13,15-16,18-20,25H2,(H,50,59)(H,51,52)(H,53,60)(H,54,58,61). The summed E-state index contributed by atoms with van der Waals surface area (Å²) < 4.78 is 31.1. The number of pyridine rings is 1. The van der Waals surface area contributed by atoms with Gasteiger partial charge >= 0.3 is 0 Å². The number of nitrogens with one attached hydrogen (secondary N) is 4. The predicted octanol–water partition coefficient (Wildman–Crippen LogP) is 6.04. The first-order valence-corrected chi connectivity index (χ1v) is 20.7. The van der Waals surface area contributed by atoms with Crippen LogP contribution in [0, 0.1) is 11.6 Å². The SMILES string of the molecule is O=C1CCC(N2Cc3c(CCCC(O)C(=O)CCCNC(=O)c4ccc(-c5cc6c(Nc7ccccc7)c(C(=O)NC7CC7)cnc6cc5F)cc4F)cccc3C2=O)C(=O)N1. The number of para-hydroxylation sites is 1. The van der Waals surface area contributed by atoms with Crippen molar-refractivity contribution in [2.24, 2.45) is 0 Å². The Hall–Kier alpha value is -6.87. The van der Waals surface area contributed by atoms with Crippen molar-refractivity contribution < 1.29 is 42.7 Å². The molecule has 3 aliphatic rings. The largest absolute Gasteiger partial charge is 0.385 e. The maximum Gasteiger partial charge on any atom is 0.255 e. The molecule has 5 aromatic rings. The molecule has 2 atom stereocenters. The summed E-state index contributed by atoms with van der Waals surface area (Å²) >= 11 is 0. The maximum atomic E-state index is 15.6. The number of ketones is 1. The molecule has 0 bridgehead atoms. The number of hydrogen-bond donors (Lipinski definition) is 5. The first kappa shape index (κ1) is 41.8. The molecule has 15 heteroatoms. The quantitative estimate of drug-likeness (QED) is 0.0584. The second-order valence-corrected chi connectivity index (χ2v) is 15.9. The normalized spacial score (nSPS) is 16.5. The molecule has 2 fully saturated rings. The Bertz CT molecular complexity index is 2620. The highest BCUT2D eigenvalue weighted by Crippen LogP contribution is 2.36. The molecule has 1 saturated heterocycles. The summed E-state index contributed by atoms with van der Waals surface area (Å²) in [5, 5.41) is 22.2. The van der Waals surface area contributed by atoms with Crippen molar-refractivity contribution in [1.29, 1.82) is 0 Å². The van der Waals surface area contributed by atoms with E-state index in [2.05, 4.69) is 26.3 Å². The summed E-state index contributed by atoms with van der Waals surface area (Å²) in [4.78, 5) is 82.0. The smallest absolute Gasteiger partial charge is 0.255 e. The summed E-state index contributed by atoms with van der Waals surface area (Å²) in [6.07, 6.45) is 3.64. The van der Waals surface area contributed by atoms with E-state index < -0.39 is 41.4 Å². The van der Waals surface area contributed by atoms with Crippen LogP contribution in [0.3, 0.4) is 0 Å². The summed E-state index contributed by atoms with van der Waals surface area (Å²) in [7, 11) is 0. The average molecular weight is 843 g/mol. The Balaban J connectivity index is 0.849. The summed E-state index contributed by atoms with van der Waals surface area (Å²) in [5.74, 6) is -4.13. The van der Waals surface area contributed by atoms with E-state index in [-0.39, 0.29) is 96.7 Å². The van der Waals surface area contributed by atoms with Gasteiger partial charge in [0.25, 0.3) is 17.7 Å². The Morgan fingerprint density at radius 3 is 2.44 bits per heavy atom. The number of nitrogens with zero attached hydrogens (tertiary/aromatic N) is 2. The predicted molar refractivity (Wildman–Crippen MR) is 225 cm³/mol. The minimum atomic E-state index is -1.24. The molecule has 318 valence electrons. The number of imide groups is 1. The van der Waals surface area contributed by atoms with Gasteiger partial charge in [-0.25, -0.2) is 8.78 Å². The number of aliphatic hydroxyl groups is 1. The van der Waals surface area contributed by atoms with Crippen molar-refractivity contribution >= 4 is 57.6 Å². The van der Waals surface area contributed by atoms with Crippen LogP contribution in [0.5, 0.6) is 0 Å². The molecule has 2 aliphatic heterocycles. The van der Waals surface area contributed by atoms with Gasteiger partial charge in [0.15, 0.2) is 5.78 Å². The number of benzene rings is 4. The second-order valence-electron chi connectivity index (χ2n) is 15.9. The third kappa shape index (κ3) is 9.08. The fourth-order valence-electron chi connectivity index (χ4n) is 8.02. The molecule has 62 heavy (non-hydrogen) atoms. The van der Waals surface area contributed by atoms with Crippen LogP contribution in [0.2, 0.25) is 0 Å². The zero-order valence-corrected chi connectivity index (χ0v) is 33.6. The van der Waals surface area contributed by atoms with E-state index in [1.165, 1.54) is 35.4 Å². The van der Waals surface area contributed by atoms with Crippen LogP contribution in [-0.2, 0) is 27.3 Å². The number of amides is 5. The van der Waals surface area contributed by atoms with Gasteiger partial charge in [0, 0.05) is 66.4 Å². The van der Waals surface area contributed by atoms with Crippen molar-refractivity contribution in [2.75, 3.05) is 11.9 Å². The number of halogens is 2. The number of aryl methyl sites for hydroxylation is 1. The van der Waals surface area contributed by atoms with Crippen molar-refractivity contribution in [3.63, 3.8) is 0 Å². The van der Waals surface area contributed by atoms with Gasteiger partial charge < -0.3 is 26.0 Å². The molecule has 1 saturated carbocycles. The Labute approximate surface area is 355 Å². The summed E-state index contributed by atoms with van der Waals surface area (Å²) in [5.41, 5.74) is 3.75. The maximum absolute atomic E-state index is 15.6. The van der Waals surface area contributed by atoms with Gasteiger partial charge in [-0.05, 0) is 98.0 Å². The number of Topliss-reactive ketones (excluding diaryl/α,β-unsaturated/α-hetero) is 1. The number of piperidine rings is 1. The molecular formula is C47H44F2N6O7. The van der Waals surface area contributed by atoms with E-state index in [0.717, 1.165) is 30.0 Å². The second kappa shape index (κ2) is 18.0. The van der Waals surface area contributed by atoms with E-state index in [1.54, 1.807) is 12.1 Å². The van der Waals surface area contributed by atoms with Gasteiger partial charge in [0.1, 0.15) is 23.8 Å². The molecule has 2 unspecified atom stereocenters. The van der Waals surface area contributed by atoms with Gasteiger partial charge in [0.2, 0.25) is 11.8 Å². The molecule has 4 aromatic carbocycles. The zero-order chi connectivity index (χ0) is 43.5. The van der Waals surface area contributed by atoms with Crippen LogP contribution in [0.1, 0.15) is 93.6 Å². The molecule has 8 rings (SSSR count). The number of anilines is 2. The van der Waals surface area contributed by atoms with Crippen LogP contribution in [0.4, 0.5) is 20.2 Å². The fourth-order valence-corrected chi connectivity index (χ4v) is 8.02. The third-order valence-electron chi connectivity index (χ3n) is 11.5. The van der Waals surface area contributed by atoms with Crippen LogP contribution < -0.4 is 21.3 Å². The lowest BCUT2D eigenvalue weighted by Crippen LogP contribution is -2.52. The van der Waals surface area contributed by atoms with Crippen molar-refractivity contribution in [1.82, 2.24) is 25.8 Å². The van der Waals surface area contributed by atoms with Crippen LogP contribution >= 0.6 is 0 Å². The molecule has 5 amide bonds. The number of carbonyl (C=O) groups is 6. The number of carbonyl (C=O) groups excluding carboxylic acids is 6. The highest BCUT2D eigenvalue weighted by Gasteiger charge is 2.39. The topological polar surface area (TPSA) is 187 Å². The summed E-state index contributed by atoms with van der Waals surface area (Å²) in [6.45, 7) is 0.267. The van der Waals surface area contributed by atoms with Crippen LogP contribution in [0.15, 0.2) is 85.1 Å². The number of aliphatic hydroxyl groups excluding tert-OH is 1. The first-order valence-electron chi connectivity index (χ1n) is 20.7. The van der Waals surface area contributed by atoms with E-state index in [9.17, 15) is 33.9 Å². The van der Waals surface area contributed by atoms with E-state index in [0.29, 0.717) is 35.2 Å². The highest BCUT2D eigenvalue weighted by molar-refractivity contribution is 6.09. The fraction of sp³-hybridized carbons (Fsp3) is 0.298. The lowest BCUT2D eigenvalue weighted by atomic mass is 9.97. The number of rotatable bonds is 16. The van der Waals surface area contributed by atoms with Crippen LogP contribution in [-0.4, -0.2) is 75.0 Å². The van der Waals surface area contributed by atoms with Gasteiger partial charge in [0.05, 0.1) is 22.3 Å². The van der Waals surface area contributed by atoms with E-state index >= 15 is 8.78 Å². The van der Waals surface area contributed by atoms with Crippen molar-refractivity contribution in [3.8, 4) is 11.1 Å². The molecule has 3 heterocycles. The highest BCUT2D eigenvalue weighted by atomic mass is 19.1. The number of hydrogen-bond acceptors (Lipinski definition) is 9. The first-order chi connectivity index (χ1) is 29.9. The van der Waals surface area contributed by atoms with Gasteiger partial charge in [-0.1, -0.05) is 36.4 Å². The van der Waals surface area contributed by atoms with Crippen molar-refractivity contribution in [2.45, 2.75) is 82.5 Å². The lowest BCUT2D eigenvalue weighted by Gasteiger charge is -2.29. The number of fused-ring (bicyclic) bond motifs is 2. The summed E-state index contributed by atoms with van der Waals surface area (Å²) in [6, 6.07) is 20.4. The van der Waals surface area contributed by atoms with Gasteiger partial charge in [-0.2, -0.15) is 0 Å². The Morgan fingerprint density at radius 2 is 1.68 bits per heavy atom. The molecule has 1 aromatic heterocycles. The lowest BCUT2D eigenvalue weighted by molar-refractivity contribution is -0.137. The minimum absolute atomic E-state index is 0.0276. The Kier molecular flexibility index (Phi) is 12.2. The third-order valence-corrected chi connectivity index (χ3v) is 11.5. The molecule has 1 aliphatic carbocycles. The zero-order valence-electron chi connectivity index (χ0n) is 33.6. The van der Waals surface area contributed by atoms with E-state index in [1.807, 2.05) is 36.4 Å². The molecule has 13 nitrogen and oxygen atoms in total. The van der Waals surface area contributed by atoms with Crippen LogP contribution in [0.25, 0.3) is 22.0 Å². The van der Waals surface area contributed by atoms with Gasteiger partial charge in [-0.3, -0.25) is 39.1 Å². The average Bonchev–Trinajstić information content (AvgIpc) is 4.02. The molecule has 0 spiro atoms. The van der Waals surface area contributed by atoms with E-state index in [4.69, 9.17) is 0 Å². The Morgan fingerprint density at radius 1 is 0.871 bits per heavy atom. The van der Waals surface area contributed by atoms with Crippen molar-refractivity contribution in [3.05, 3.63) is 125 Å². The minimum Gasteiger partial charge on any atom is -0.385 e. The monoisotopic (exact) mass is 842 g/mol. The molecule has 0 radical (unpaired) electrons. The van der Waals surface area contributed by atoms with Gasteiger partial charge in [-0.15, -0.1) is 0 Å². The molecular weight excluding hydrogens is 799 g/mol.